The van der Waals surface area contributed by atoms with Crippen molar-refractivity contribution in [1.82, 2.24) is 15.1 Å². The first-order valence-electron chi connectivity index (χ1n) is 7.20. The van der Waals surface area contributed by atoms with Gasteiger partial charge in [-0.3, -0.25) is 4.68 Å². The van der Waals surface area contributed by atoms with Crippen LogP contribution in [0.25, 0.3) is 0 Å². The lowest BCUT2D eigenvalue weighted by atomic mass is 9.79. The lowest BCUT2D eigenvalue weighted by molar-refractivity contribution is 0.266. The Kier molecular flexibility index (Phi) is 5.87. The van der Waals surface area contributed by atoms with Crippen LogP contribution in [0.1, 0.15) is 51.8 Å². The van der Waals surface area contributed by atoms with Crippen molar-refractivity contribution in [2.24, 2.45) is 12.5 Å². The second-order valence-electron chi connectivity index (χ2n) is 6.25. The normalized spacial score (nSPS) is 14.9. The van der Waals surface area contributed by atoms with Gasteiger partial charge in [0.1, 0.15) is 5.15 Å². The number of hydrogen-bond acceptors (Lipinski definition) is 2. The van der Waals surface area contributed by atoms with E-state index >= 15 is 0 Å². The molecule has 1 aromatic rings. The molecule has 0 radical (unpaired) electrons. The number of hydrogen-bond donors (Lipinski definition) is 1. The van der Waals surface area contributed by atoms with Crippen molar-refractivity contribution in [3.05, 3.63) is 16.4 Å². The number of aromatic nitrogens is 2. The van der Waals surface area contributed by atoms with Gasteiger partial charge in [-0.1, -0.05) is 45.7 Å². The summed E-state index contributed by atoms with van der Waals surface area (Å²) in [6.45, 7) is 12.0. The van der Waals surface area contributed by atoms with Crippen LogP contribution in [0.3, 0.4) is 0 Å². The first-order chi connectivity index (χ1) is 8.79. The quantitative estimate of drug-likeness (QED) is 0.827. The van der Waals surface area contributed by atoms with Gasteiger partial charge in [-0.05, 0) is 25.2 Å². The maximum atomic E-state index is 6.36. The summed E-state index contributed by atoms with van der Waals surface area (Å²) in [7, 11) is 1.91. The van der Waals surface area contributed by atoms with Gasteiger partial charge < -0.3 is 5.32 Å². The first-order valence-corrected chi connectivity index (χ1v) is 7.58. The molecule has 19 heavy (non-hydrogen) atoms. The minimum atomic E-state index is 0.233. The van der Waals surface area contributed by atoms with E-state index in [1.165, 1.54) is 18.4 Å². The van der Waals surface area contributed by atoms with Gasteiger partial charge in [-0.25, -0.2) is 0 Å². The molecule has 1 rings (SSSR count). The van der Waals surface area contributed by atoms with E-state index in [1.54, 1.807) is 4.68 Å². The molecule has 1 atom stereocenters. The Morgan fingerprint density at radius 1 is 1.42 bits per heavy atom. The Bertz CT molecular complexity index is 412. The van der Waals surface area contributed by atoms with E-state index in [-0.39, 0.29) is 5.41 Å². The largest absolute Gasteiger partial charge is 0.314 e. The summed E-state index contributed by atoms with van der Waals surface area (Å²) in [5, 5.41) is 8.76. The average molecular weight is 286 g/mol. The van der Waals surface area contributed by atoms with E-state index in [0.717, 1.165) is 23.8 Å². The summed E-state index contributed by atoms with van der Waals surface area (Å²) in [5.74, 6) is 0. The smallest absolute Gasteiger partial charge is 0.130 e. The molecular weight excluding hydrogens is 258 g/mol. The van der Waals surface area contributed by atoms with E-state index < -0.39 is 0 Å². The van der Waals surface area contributed by atoms with Gasteiger partial charge in [0.25, 0.3) is 0 Å². The molecule has 0 saturated carbocycles. The van der Waals surface area contributed by atoms with Gasteiger partial charge in [-0.15, -0.1) is 0 Å². The number of rotatable bonds is 7. The van der Waals surface area contributed by atoms with Gasteiger partial charge in [-0.2, -0.15) is 5.10 Å². The lowest BCUT2D eigenvalue weighted by Gasteiger charge is -2.31. The molecule has 1 aromatic heterocycles. The standard InChI is InChI=1S/C15H28ClN3/c1-7-8-15(5,10-17-11(2)3)9-13-12(4)18-19(6)14(13)16/h11,17H,7-10H2,1-6H3. The third-order valence-electron chi connectivity index (χ3n) is 3.66. The Labute approximate surface area is 122 Å². The minimum absolute atomic E-state index is 0.233. The summed E-state index contributed by atoms with van der Waals surface area (Å²) < 4.78 is 1.77. The van der Waals surface area contributed by atoms with Gasteiger partial charge in [0.05, 0.1) is 5.69 Å². The third-order valence-corrected chi connectivity index (χ3v) is 4.14. The first kappa shape index (κ1) is 16.5. The highest BCUT2D eigenvalue weighted by molar-refractivity contribution is 6.30. The topological polar surface area (TPSA) is 29.9 Å². The van der Waals surface area contributed by atoms with Crippen LogP contribution in [0.5, 0.6) is 0 Å². The highest BCUT2D eigenvalue weighted by atomic mass is 35.5. The molecule has 1 N–H and O–H groups in total. The Balaban J connectivity index is 2.88. The third kappa shape index (κ3) is 4.50. The summed E-state index contributed by atoms with van der Waals surface area (Å²) in [4.78, 5) is 0. The highest BCUT2D eigenvalue weighted by Crippen LogP contribution is 2.32. The Morgan fingerprint density at radius 3 is 2.47 bits per heavy atom. The van der Waals surface area contributed by atoms with Crippen LogP contribution in [-0.4, -0.2) is 22.4 Å². The number of aryl methyl sites for hydroxylation is 2. The van der Waals surface area contributed by atoms with Crippen molar-refractivity contribution in [3.8, 4) is 0 Å². The van der Waals surface area contributed by atoms with E-state index in [9.17, 15) is 0 Å². The van der Waals surface area contributed by atoms with Crippen LogP contribution in [0.15, 0.2) is 0 Å². The molecule has 0 saturated heterocycles. The fourth-order valence-electron chi connectivity index (χ4n) is 2.59. The van der Waals surface area contributed by atoms with Gasteiger partial charge >= 0.3 is 0 Å². The molecule has 0 fully saturated rings. The summed E-state index contributed by atoms with van der Waals surface area (Å²) in [6, 6.07) is 0.515. The van der Waals surface area contributed by atoms with E-state index in [4.69, 9.17) is 11.6 Å². The molecule has 3 nitrogen and oxygen atoms in total. The maximum Gasteiger partial charge on any atom is 0.130 e. The number of nitrogens with one attached hydrogen (secondary N) is 1. The van der Waals surface area contributed by atoms with Crippen LogP contribution >= 0.6 is 11.6 Å². The maximum absolute atomic E-state index is 6.36. The Morgan fingerprint density at radius 2 is 2.05 bits per heavy atom. The molecule has 0 aromatic carbocycles. The second kappa shape index (κ2) is 6.76. The lowest BCUT2D eigenvalue weighted by Crippen LogP contribution is -2.37. The zero-order valence-electron chi connectivity index (χ0n) is 13.2. The van der Waals surface area contributed by atoms with Crippen LogP contribution in [0.4, 0.5) is 0 Å². The number of halogens is 1. The van der Waals surface area contributed by atoms with Crippen LogP contribution in [0, 0.1) is 12.3 Å². The van der Waals surface area contributed by atoms with E-state index in [0.29, 0.717) is 6.04 Å². The van der Waals surface area contributed by atoms with Gasteiger partial charge in [0.15, 0.2) is 0 Å². The van der Waals surface area contributed by atoms with Crippen molar-refractivity contribution in [3.63, 3.8) is 0 Å². The summed E-state index contributed by atoms with van der Waals surface area (Å²) >= 11 is 6.36. The predicted octanol–water partition coefficient (Wildman–Crippen LogP) is 3.73. The SMILES string of the molecule is CCCC(C)(CNC(C)C)Cc1c(C)nn(C)c1Cl. The molecule has 0 spiro atoms. The summed E-state index contributed by atoms with van der Waals surface area (Å²) in [6.07, 6.45) is 3.36. The molecule has 0 amide bonds. The van der Waals surface area contributed by atoms with Gasteiger partial charge in [0.2, 0.25) is 0 Å². The van der Waals surface area contributed by atoms with Crippen LogP contribution in [-0.2, 0) is 13.5 Å². The molecule has 110 valence electrons. The zero-order valence-corrected chi connectivity index (χ0v) is 13.9. The molecule has 0 bridgehead atoms. The molecule has 0 aliphatic carbocycles. The molecule has 0 aliphatic heterocycles. The van der Waals surface area contributed by atoms with Crippen LogP contribution in [0.2, 0.25) is 5.15 Å². The second-order valence-corrected chi connectivity index (χ2v) is 6.61. The van der Waals surface area contributed by atoms with Crippen LogP contribution < -0.4 is 5.32 Å². The van der Waals surface area contributed by atoms with Crippen molar-refractivity contribution in [2.75, 3.05) is 6.54 Å². The van der Waals surface area contributed by atoms with Crippen molar-refractivity contribution in [1.29, 1.82) is 0 Å². The van der Waals surface area contributed by atoms with Crippen molar-refractivity contribution >= 4 is 11.6 Å². The number of nitrogens with zero attached hydrogens (tertiary/aromatic N) is 2. The van der Waals surface area contributed by atoms with E-state index in [1.807, 2.05) is 14.0 Å². The van der Waals surface area contributed by atoms with E-state index in [2.05, 4.69) is 38.1 Å². The molecule has 1 heterocycles. The molecular formula is C15H28ClN3. The molecule has 1 unspecified atom stereocenters. The minimum Gasteiger partial charge on any atom is -0.314 e. The highest BCUT2D eigenvalue weighted by Gasteiger charge is 2.27. The molecule has 0 aliphatic rings. The Hall–Kier alpha value is -0.540. The zero-order chi connectivity index (χ0) is 14.6. The molecule has 4 heteroatoms. The van der Waals surface area contributed by atoms with Crippen molar-refractivity contribution < 1.29 is 0 Å². The fourth-order valence-corrected chi connectivity index (χ4v) is 2.84. The summed E-state index contributed by atoms with van der Waals surface area (Å²) in [5.41, 5.74) is 2.49. The fraction of sp³-hybridized carbons (Fsp3) is 0.800. The average Bonchev–Trinajstić information content (AvgIpc) is 2.54. The predicted molar refractivity (Wildman–Crippen MR) is 82.8 cm³/mol. The van der Waals surface area contributed by atoms with Crippen molar-refractivity contribution in [2.45, 2.75) is 59.9 Å². The monoisotopic (exact) mass is 285 g/mol. The van der Waals surface area contributed by atoms with Gasteiger partial charge in [0, 0.05) is 25.2 Å².